The number of rotatable bonds is 3. The minimum absolute atomic E-state index is 0.653. The van der Waals surface area contributed by atoms with E-state index in [1.54, 1.807) is 37.7 Å². The van der Waals surface area contributed by atoms with Gasteiger partial charge in [0, 0.05) is 6.07 Å². The largest absolute Gasteiger partial charge is 0.495 e. The van der Waals surface area contributed by atoms with Gasteiger partial charge in [-0.05, 0) is 18.2 Å². The highest BCUT2D eigenvalue weighted by Crippen LogP contribution is 2.23. The van der Waals surface area contributed by atoms with Gasteiger partial charge in [0.15, 0.2) is 0 Å². The molecular weight excluding hydrogens is 190 g/mol. The van der Waals surface area contributed by atoms with Gasteiger partial charge in [-0.15, -0.1) is 0 Å². The van der Waals surface area contributed by atoms with Crippen LogP contribution >= 0.6 is 0 Å². The Kier molecular flexibility index (Phi) is 2.83. The van der Waals surface area contributed by atoms with E-state index in [-0.39, 0.29) is 0 Å². The zero-order valence-electron chi connectivity index (χ0n) is 8.31. The molecule has 0 atom stereocenters. The van der Waals surface area contributed by atoms with E-state index in [4.69, 9.17) is 9.47 Å². The van der Waals surface area contributed by atoms with Crippen molar-refractivity contribution in [3.63, 3.8) is 0 Å². The molecule has 0 fully saturated rings. The maximum Gasteiger partial charge on any atom is 0.149 e. The second-order valence-electron chi connectivity index (χ2n) is 2.90. The van der Waals surface area contributed by atoms with E-state index < -0.39 is 0 Å². The van der Waals surface area contributed by atoms with Crippen molar-refractivity contribution in [3.8, 4) is 17.2 Å². The van der Waals surface area contributed by atoms with Crippen LogP contribution in [0.15, 0.2) is 42.7 Å². The van der Waals surface area contributed by atoms with Gasteiger partial charge >= 0.3 is 0 Å². The third-order valence-electron chi connectivity index (χ3n) is 1.85. The molecule has 0 saturated heterocycles. The average molecular weight is 200 g/mol. The summed E-state index contributed by atoms with van der Waals surface area (Å²) in [4.78, 5) is 3.99. The number of pyridine rings is 1. The lowest BCUT2D eigenvalue weighted by atomic mass is 10.3. The lowest BCUT2D eigenvalue weighted by Gasteiger charge is -2.05. The van der Waals surface area contributed by atoms with Crippen LogP contribution in [0, 0.1) is 6.07 Å². The summed E-state index contributed by atoms with van der Waals surface area (Å²) in [5.74, 6) is 2.08. The fraction of sp³-hybridized carbons (Fsp3) is 0.0833. The third-order valence-corrected chi connectivity index (χ3v) is 1.85. The first-order valence-corrected chi connectivity index (χ1v) is 4.51. The fourth-order valence-corrected chi connectivity index (χ4v) is 1.14. The maximum atomic E-state index is 5.56. The molecule has 0 bridgehead atoms. The van der Waals surface area contributed by atoms with Crippen molar-refractivity contribution in [2.45, 2.75) is 0 Å². The Bertz CT molecular complexity index is 429. The zero-order chi connectivity index (χ0) is 10.5. The molecule has 75 valence electrons. The summed E-state index contributed by atoms with van der Waals surface area (Å²) in [5, 5.41) is 0. The highest BCUT2D eigenvalue weighted by molar-refractivity contribution is 5.33. The molecule has 0 N–H and O–H groups in total. The van der Waals surface area contributed by atoms with Gasteiger partial charge in [-0.2, -0.15) is 0 Å². The normalized spacial score (nSPS) is 9.67. The molecule has 2 rings (SSSR count). The van der Waals surface area contributed by atoms with Crippen molar-refractivity contribution in [2.75, 3.05) is 7.11 Å². The summed E-state index contributed by atoms with van der Waals surface area (Å²) in [7, 11) is 1.60. The Morgan fingerprint density at radius 3 is 2.53 bits per heavy atom. The Morgan fingerprint density at radius 1 is 1.07 bits per heavy atom. The van der Waals surface area contributed by atoms with Crippen molar-refractivity contribution in [2.24, 2.45) is 0 Å². The number of hydrogen-bond donors (Lipinski definition) is 0. The lowest BCUT2D eigenvalue weighted by molar-refractivity contribution is 0.406. The van der Waals surface area contributed by atoms with Gasteiger partial charge in [-0.25, -0.2) is 0 Å². The Balaban J connectivity index is 2.17. The van der Waals surface area contributed by atoms with Crippen LogP contribution in [0.25, 0.3) is 0 Å². The van der Waals surface area contributed by atoms with Gasteiger partial charge < -0.3 is 9.47 Å². The average Bonchev–Trinajstić information content (AvgIpc) is 2.31. The molecule has 0 aliphatic rings. The second kappa shape index (κ2) is 4.46. The standard InChI is InChI=1S/C12H10NO2/c1-14-11-7-12(9-13-8-11)15-10-5-3-2-4-6-10/h3-9H,1H3. The molecule has 0 saturated carbocycles. The van der Waals surface area contributed by atoms with E-state index in [2.05, 4.69) is 11.1 Å². The van der Waals surface area contributed by atoms with E-state index in [1.165, 1.54) is 0 Å². The number of aromatic nitrogens is 1. The summed E-state index contributed by atoms with van der Waals surface area (Å²) in [6.07, 6.45) is 3.27. The Hall–Kier alpha value is -2.03. The molecule has 0 spiro atoms. The monoisotopic (exact) mass is 200 g/mol. The van der Waals surface area contributed by atoms with Crippen molar-refractivity contribution in [1.29, 1.82) is 0 Å². The Morgan fingerprint density at radius 2 is 1.80 bits per heavy atom. The number of nitrogens with zero attached hydrogens (tertiary/aromatic N) is 1. The van der Waals surface area contributed by atoms with Gasteiger partial charge in [-0.3, -0.25) is 4.98 Å². The van der Waals surface area contributed by atoms with Crippen LogP contribution in [0.5, 0.6) is 17.2 Å². The van der Waals surface area contributed by atoms with Crippen molar-refractivity contribution >= 4 is 0 Å². The van der Waals surface area contributed by atoms with Gasteiger partial charge in [-0.1, -0.05) is 12.1 Å². The van der Waals surface area contributed by atoms with Crippen molar-refractivity contribution in [3.05, 3.63) is 48.8 Å². The molecule has 1 aromatic heterocycles. The maximum absolute atomic E-state index is 5.56. The SMILES string of the molecule is COc1cncc(Oc2cc[c]cc2)c1. The Labute approximate surface area is 88.3 Å². The van der Waals surface area contributed by atoms with Crippen LogP contribution in [-0.4, -0.2) is 12.1 Å². The van der Waals surface area contributed by atoms with E-state index in [0.29, 0.717) is 11.5 Å². The summed E-state index contributed by atoms with van der Waals surface area (Å²) in [5.41, 5.74) is 0. The van der Waals surface area contributed by atoms with Crippen LogP contribution < -0.4 is 9.47 Å². The number of methoxy groups -OCH3 is 1. The van der Waals surface area contributed by atoms with Gasteiger partial charge in [0.1, 0.15) is 17.2 Å². The molecule has 0 aliphatic heterocycles. The molecule has 0 unspecified atom stereocenters. The van der Waals surface area contributed by atoms with E-state index in [0.717, 1.165) is 5.75 Å². The van der Waals surface area contributed by atoms with Crippen LogP contribution in [0.1, 0.15) is 0 Å². The third kappa shape index (κ3) is 2.47. The van der Waals surface area contributed by atoms with E-state index in [9.17, 15) is 0 Å². The minimum Gasteiger partial charge on any atom is -0.495 e. The van der Waals surface area contributed by atoms with Crippen LogP contribution in [0.3, 0.4) is 0 Å². The molecule has 0 aliphatic carbocycles. The minimum atomic E-state index is 0.653. The summed E-state index contributed by atoms with van der Waals surface area (Å²) < 4.78 is 10.6. The predicted octanol–water partition coefficient (Wildman–Crippen LogP) is 2.68. The lowest BCUT2D eigenvalue weighted by Crippen LogP contribution is -1.88. The van der Waals surface area contributed by atoms with E-state index >= 15 is 0 Å². The first-order chi connectivity index (χ1) is 7.38. The number of benzene rings is 1. The molecule has 1 aromatic carbocycles. The molecule has 1 heterocycles. The van der Waals surface area contributed by atoms with Gasteiger partial charge in [0.25, 0.3) is 0 Å². The summed E-state index contributed by atoms with van der Waals surface area (Å²) >= 11 is 0. The molecule has 3 heteroatoms. The highest BCUT2D eigenvalue weighted by atomic mass is 16.5. The molecule has 2 aromatic rings. The topological polar surface area (TPSA) is 31.4 Å². The predicted molar refractivity (Wildman–Crippen MR) is 56.1 cm³/mol. The molecule has 1 radical (unpaired) electrons. The molecule has 3 nitrogen and oxygen atoms in total. The zero-order valence-corrected chi connectivity index (χ0v) is 8.31. The van der Waals surface area contributed by atoms with Crippen molar-refractivity contribution in [1.82, 2.24) is 4.98 Å². The van der Waals surface area contributed by atoms with Gasteiger partial charge in [0.05, 0.1) is 19.5 Å². The fourth-order valence-electron chi connectivity index (χ4n) is 1.14. The highest BCUT2D eigenvalue weighted by Gasteiger charge is 1.98. The second-order valence-corrected chi connectivity index (χ2v) is 2.90. The molecule has 15 heavy (non-hydrogen) atoms. The van der Waals surface area contributed by atoms with Crippen LogP contribution in [0.2, 0.25) is 0 Å². The van der Waals surface area contributed by atoms with Crippen molar-refractivity contribution < 1.29 is 9.47 Å². The van der Waals surface area contributed by atoms with Crippen LogP contribution in [-0.2, 0) is 0 Å². The summed E-state index contributed by atoms with van der Waals surface area (Å²) in [6.45, 7) is 0. The molecule has 0 amide bonds. The smallest absolute Gasteiger partial charge is 0.149 e. The first-order valence-electron chi connectivity index (χ1n) is 4.51. The quantitative estimate of drug-likeness (QED) is 0.763. The molecular formula is C12H10NO2. The van der Waals surface area contributed by atoms with Gasteiger partial charge in [0.2, 0.25) is 0 Å². The number of hydrogen-bond acceptors (Lipinski definition) is 3. The van der Waals surface area contributed by atoms with Crippen LogP contribution in [0.4, 0.5) is 0 Å². The van der Waals surface area contributed by atoms with E-state index in [1.807, 2.05) is 12.1 Å². The summed E-state index contributed by atoms with van der Waals surface area (Å²) in [6, 6.07) is 12.0. The number of ether oxygens (including phenoxy) is 2. The first kappa shape index (κ1) is 9.52.